The van der Waals surface area contributed by atoms with Gasteiger partial charge in [-0.15, -0.1) is 0 Å². The van der Waals surface area contributed by atoms with Gasteiger partial charge in [-0.3, -0.25) is 9.47 Å². The topological polar surface area (TPSA) is 57.8 Å². The number of rotatable bonds is 0. The molecule has 0 fully saturated rings. The van der Waals surface area contributed by atoms with Crippen molar-refractivity contribution >= 4 is 11.6 Å². The fourth-order valence-corrected chi connectivity index (χ4v) is 2.99. The molecule has 3 heterocycles. The van der Waals surface area contributed by atoms with E-state index in [1.165, 1.54) is 0 Å². The summed E-state index contributed by atoms with van der Waals surface area (Å²) in [7, 11) is 0. The van der Waals surface area contributed by atoms with Crippen LogP contribution in [0.3, 0.4) is 0 Å². The Morgan fingerprint density at radius 1 is 1.21 bits per heavy atom. The molecule has 94 valence electrons. The quantitative estimate of drug-likeness (QED) is 0.576. The Labute approximate surface area is 109 Å². The highest BCUT2D eigenvalue weighted by molar-refractivity contribution is 6.11. The molecule has 1 N–H and O–H groups in total. The van der Waals surface area contributed by atoms with Gasteiger partial charge in [-0.1, -0.05) is 23.4 Å². The maximum Gasteiger partial charge on any atom is 0.273 e. The summed E-state index contributed by atoms with van der Waals surface area (Å²) in [5.74, 6) is -0.00459. The van der Waals surface area contributed by atoms with Gasteiger partial charge in [0.05, 0.1) is 11.7 Å². The summed E-state index contributed by atoms with van der Waals surface area (Å²) in [5, 5.41) is 14.3. The van der Waals surface area contributed by atoms with Gasteiger partial charge in [0.15, 0.2) is 0 Å². The second-order valence-electron chi connectivity index (χ2n) is 4.74. The van der Waals surface area contributed by atoms with Crippen molar-refractivity contribution in [3.05, 3.63) is 59.4 Å². The van der Waals surface area contributed by atoms with Crippen molar-refractivity contribution in [2.24, 2.45) is 5.16 Å². The van der Waals surface area contributed by atoms with Crippen LogP contribution in [0.4, 0.5) is 0 Å². The van der Waals surface area contributed by atoms with Crippen molar-refractivity contribution in [3.63, 3.8) is 0 Å². The van der Waals surface area contributed by atoms with E-state index in [-0.39, 0.29) is 11.9 Å². The number of amides is 1. The number of hydrogen-bond donors (Lipinski definition) is 1. The number of benzene rings is 1. The van der Waals surface area contributed by atoms with Crippen LogP contribution >= 0.6 is 0 Å². The van der Waals surface area contributed by atoms with Crippen LogP contribution in [-0.2, 0) is 0 Å². The van der Waals surface area contributed by atoms with E-state index in [0.717, 1.165) is 16.8 Å². The molecule has 2 aliphatic rings. The summed E-state index contributed by atoms with van der Waals surface area (Å²) in [5.41, 5.74) is 3.09. The van der Waals surface area contributed by atoms with E-state index >= 15 is 0 Å². The van der Waals surface area contributed by atoms with Crippen LogP contribution in [0.2, 0.25) is 0 Å². The maximum absolute atomic E-state index is 12.5. The van der Waals surface area contributed by atoms with Crippen LogP contribution in [0.1, 0.15) is 34.1 Å². The van der Waals surface area contributed by atoms with Crippen LogP contribution in [0.15, 0.2) is 47.8 Å². The van der Waals surface area contributed by atoms with E-state index < -0.39 is 0 Å². The van der Waals surface area contributed by atoms with Crippen molar-refractivity contribution in [1.29, 1.82) is 0 Å². The number of fused-ring (bicyclic) bond motifs is 5. The van der Waals surface area contributed by atoms with Gasteiger partial charge in [0.25, 0.3) is 5.91 Å². The molecule has 1 amide bonds. The van der Waals surface area contributed by atoms with E-state index in [4.69, 9.17) is 5.21 Å². The van der Waals surface area contributed by atoms with Crippen molar-refractivity contribution in [3.8, 4) is 0 Å². The van der Waals surface area contributed by atoms with Crippen molar-refractivity contribution in [1.82, 2.24) is 4.68 Å². The molecule has 1 atom stereocenters. The highest BCUT2D eigenvalue weighted by atomic mass is 16.4. The monoisotopic (exact) mass is 253 g/mol. The van der Waals surface area contributed by atoms with Crippen LogP contribution in [0.25, 0.3) is 0 Å². The van der Waals surface area contributed by atoms with E-state index in [1.807, 2.05) is 42.6 Å². The smallest absolute Gasteiger partial charge is 0.273 e. The lowest BCUT2D eigenvalue weighted by atomic mass is 9.98. The van der Waals surface area contributed by atoms with Gasteiger partial charge in [-0.2, -0.15) is 0 Å². The standard InChI is InChI=1S/C14H11N3O2/c18-14-10-5-2-1-4-9(10)13-8-11(15-19)12-6-3-7-16(12)17(13)14/h1-7,13,19H,8H2/b15-11-/t13-/m0/s1. The van der Waals surface area contributed by atoms with Crippen LogP contribution in [0, 0.1) is 0 Å². The van der Waals surface area contributed by atoms with Gasteiger partial charge in [0.2, 0.25) is 0 Å². The van der Waals surface area contributed by atoms with Gasteiger partial charge in [-0.05, 0) is 23.8 Å². The Morgan fingerprint density at radius 2 is 2.05 bits per heavy atom. The Balaban J connectivity index is 1.97. The third-order valence-corrected chi connectivity index (χ3v) is 3.82. The third-order valence-electron chi connectivity index (χ3n) is 3.82. The van der Waals surface area contributed by atoms with E-state index in [0.29, 0.717) is 12.1 Å². The van der Waals surface area contributed by atoms with Crippen LogP contribution in [-0.4, -0.2) is 21.5 Å². The molecular weight excluding hydrogens is 242 g/mol. The molecule has 1 aromatic heterocycles. The Kier molecular flexibility index (Phi) is 1.90. The molecule has 0 radical (unpaired) electrons. The van der Waals surface area contributed by atoms with Crippen molar-refractivity contribution < 1.29 is 10.0 Å². The summed E-state index contributed by atoms with van der Waals surface area (Å²) in [6.45, 7) is 0. The average Bonchev–Trinajstić information content (AvgIpc) is 3.02. The zero-order valence-electron chi connectivity index (χ0n) is 10.0. The highest BCUT2D eigenvalue weighted by Gasteiger charge is 2.42. The first kappa shape index (κ1) is 10.4. The zero-order valence-corrected chi connectivity index (χ0v) is 10.0. The fraction of sp³-hybridized carbons (Fsp3) is 0.143. The molecule has 0 saturated heterocycles. The van der Waals surface area contributed by atoms with Crippen molar-refractivity contribution in [2.75, 3.05) is 5.01 Å². The van der Waals surface area contributed by atoms with Gasteiger partial charge in [0.1, 0.15) is 5.71 Å². The van der Waals surface area contributed by atoms with Crippen LogP contribution < -0.4 is 5.01 Å². The minimum absolute atomic E-state index is 0.00459. The third kappa shape index (κ3) is 1.19. The summed E-state index contributed by atoms with van der Waals surface area (Å²) < 4.78 is 1.77. The first-order valence-electron chi connectivity index (χ1n) is 6.12. The number of nitrogens with zero attached hydrogens (tertiary/aromatic N) is 3. The number of aromatic nitrogens is 1. The SMILES string of the molecule is O=C1c2ccccc2[C@@H]2C/C(=N/O)c3cccn3N12. The Bertz CT molecular complexity index is 717. The summed E-state index contributed by atoms with van der Waals surface area (Å²) in [6.07, 6.45) is 2.35. The molecule has 0 bridgehead atoms. The molecule has 2 aromatic rings. The second kappa shape index (κ2) is 3.47. The predicted octanol–water partition coefficient (Wildman–Crippen LogP) is 1.90. The lowest BCUT2D eigenvalue weighted by molar-refractivity contribution is 0.0960. The van der Waals surface area contributed by atoms with Gasteiger partial charge >= 0.3 is 0 Å². The maximum atomic E-state index is 12.5. The normalized spacial score (nSPS) is 22.3. The number of carbonyl (C=O) groups excluding carboxylic acids is 1. The van der Waals surface area contributed by atoms with Gasteiger partial charge in [0, 0.05) is 18.2 Å². The number of hydrogen-bond acceptors (Lipinski definition) is 3. The minimum atomic E-state index is -0.0884. The summed E-state index contributed by atoms with van der Waals surface area (Å²) in [6, 6.07) is 11.2. The van der Waals surface area contributed by atoms with E-state index in [2.05, 4.69) is 5.16 Å². The molecule has 2 aliphatic heterocycles. The molecule has 5 nitrogen and oxygen atoms in total. The first-order chi connectivity index (χ1) is 9.31. The molecule has 0 saturated carbocycles. The summed E-state index contributed by atoms with van der Waals surface area (Å²) >= 11 is 0. The zero-order chi connectivity index (χ0) is 13.0. The largest absolute Gasteiger partial charge is 0.411 e. The molecule has 4 rings (SSSR count). The number of carbonyl (C=O) groups is 1. The lowest BCUT2D eigenvalue weighted by Crippen LogP contribution is -2.44. The van der Waals surface area contributed by atoms with E-state index in [1.54, 1.807) is 9.69 Å². The average molecular weight is 253 g/mol. The predicted molar refractivity (Wildman–Crippen MR) is 69.1 cm³/mol. The fourth-order valence-electron chi connectivity index (χ4n) is 2.99. The minimum Gasteiger partial charge on any atom is -0.411 e. The first-order valence-corrected chi connectivity index (χ1v) is 6.12. The van der Waals surface area contributed by atoms with Crippen molar-refractivity contribution in [2.45, 2.75) is 12.5 Å². The van der Waals surface area contributed by atoms with Gasteiger partial charge in [-0.25, -0.2) is 5.01 Å². The Hall–Kier alpha value is -2.56. The Morgan fingerprint density at radius 3 is 2.89 bits per heavy atom. The second-order valence-corrected chi connectivity index (χ2v) is 4.74. The summed E-state index contributed by atoms with van der Waals surface area (Å²) in [4.78, 5) is 12.5. The van der Waals surface area contributed by atoms with Gasteiger partial charge < -0.3 is 5.21 Å². The highest BCUT2D eigenvalue weighted by Crippen LogP contribution is 2.38. The molecule has 0 unspecified atom stereocenters. The lowest BCUT2D eigenvalue weighted by Gasteiger charge is -2.32. The van der Waals surface area contributed by atoms with E-state index in [9.17, 15) is 4.79 Å². The molecule has 5 heteroatoms. The molecule has 0 spiro atoms. The molecule has 1 aromatic carbocycles. The van der Waals surface area contributed by atoms with Crippen LogP contribution in [0.5, 0.6) is 0 Å². The number of oxime groups is 1. The molecule has 19 heavy (non-hydrogen) atoms. The molecular formula is C14H11N3O2. The molecule has 0 aliphatic carbocycles.